The molecule has 16 heavy (non-hydrogen) atoms. The Bertz CT molecular complexity index is 530. The highest BCUT2D eigenvalue weighted by molar-refractivity contribution is 5.85. The first-order chi connectivity index (χ1) is 7.90. The van der Waals surface area contributed by atoms with Crippen molar-refractivity contribution in [1.82, 2.24) is 10.3 Å². The predicted molar refractivity (Wildman–Crippen MR) is 63.2 cm³/mol. The Balaban J connectivity index is 2.17. The fourth-order valence-corrected chi connectivity index (χ4v) is 2.66. The molecular weight excluding hydrogens is 200 g/mol. The number of para-hydroxylation sites is 1. The standard InChI is InChI=1S/C13H14N2O/c16-8-14-12-7-3-5-10-9-4-1-2-6-11(9)15-13(10)12/h1-2,4,6,8,12,15H,3,5,7H2,(H,14,16). The van der Waals surface area contributed by atoms with E-state index >= 15 is 0 Å². The van der Waals surface area contributed by atoms with Gasteiger partial charge >= 0.3 is 0 Å². The highest BCUT2D eigenvalue weighted by atomic mass is 16.1. The molecule has 1 atom stereocenters. The monoisotopic (exact) mass is 214 g/mol. The Morgan fingerprint density at radius 2 is 2.25 bits per heavy atom. The third kappa shape index (κ3) is 1.32. The van der Waals surface area contributed by atoms with E-state index < -0.39 is 0 Å². The van der Waals surface area contributed by atoms with Crippen LogP contribution in [0.4, 0.5) is 0 Å². The number of hydrogen-bond donors (Lipinski definition) is 2. The molecule has 3 rings (SSSR count). The highest BCUT2D eigenvalue weighted by Crippen LogP contribution is 2.34. The maximum atomic E-state index is 10.6. The lowest BCUT2D eigenvalue weighted by atomic mass is 9.92. The van der Waals surface area contributed by atoms with Crippen molar-refractivity contribution < 1.29 is 4.79 Å². The molecule has 0 saturated heterocycles. The Morgan fingerprint density at radius 1 is 1.38 bits per heavy atom. The molecule has 2 N–H and O–H groups in total. The van der Waals surface area contributed by atoms with Crippen LogP contribution in [0.25, 0.3) is 10.9 Å². The lowest BCUT2D eigenvalue weighted by Crippen LogP contribution is -2.23. The summed E-state index contributed by atoms with van der Waals surface area (Å²) in [4.78, 5) is 14.0. The number of H-pyrrole nitrogens is 1. The molecule has 0 spiro atoms. The van der Waals surface area contributed by atoms with Crippen molar-refractivity contribution in [2.24, 2.45) is 0 Å². The minimum Gasteiger partial charge on any atom is -0.356 e. The van der Waals surface area contributed by atoms with Crippen LogP contribution in [0, 0.1) is 0 Å². The lowest BCUT2D eigenvalue weighted by molar-refractivity contribution is -0.110. The fourth-order valence-electron chi connectivity index (χ4n) is 2.66. The zero-order valence-corrected chi connectivity index (χ0v) is 8.99. The summed E-state index contributed by atoms with van der Waals surface area (Å²) in [5, 5.41) is 4.19. The van der Waals surface area contributed by atoms with Crippen LogP contribution < -0.4 is 5.32 Å². The van der Waals surface area contributed by atoms with E-state index in [1.54, 1.807) is 0 Å². The van der Waals surface area contributed by atoms with Gasteiger partial charge in [-0.1, -0.05) is 18.2 Å². The van der Waals surface area contributed by atoms with Gasteiger partial charge in [0.15, 0.2) is 0 Å². The number of rotatable bonds is 2. The van der Waals surface area contributed by atoms with Crippen LogP contribution in [0.1, 0.15) is 30.1 Å². The van der Waals surface area contributed by atoms with Gasteiger partial charge in [0.05, 0.1) is 6.04 Å². The van der Waals surface area contributed by atoms with Gasteiger partial charge in [-0.2, -0.15) is 0 Å². The first-order valence-corrected chi connectivity index (χ1v) is 5.69. The first kappa shape index (κ1) is 9.46. The summed E-state index contributed by atoms with van der Waals surface area (Å²) >= 11 is 0. The van der Waals surface area contributed by atoms with Crippen LogP contribution in [0.3, 0.4) is 0 Å². The van der Waals surface area contributed by atoms with Crippen LogP contribution in [-0.4, -0.2) is 11.4 Å². The summed E-state index contributed by atoms with van der Waals surface area (Å²) < 4.78 is 0. The van der Waals surface area contributed by atoms with Crippen molar-refractivity contribution in [2.75, 3.05) is 0 Å². The molecule has 1 aromatic heterocycles. The second kappa shape index (κ2) is 3.67. The molecule has 1 aliphatic rings. The SMILES string of the molecule is O=CNC1CCCc2c1[nH]c1ccccc21. The fraction of sp³-hybridized carbons (Fsp3) is 0.308. The maximum absolute atomic E-state index is 10.6. The van der Waals surface area contributed by atoms with E-state index in [1.165, 1.54) is 22.2 Å². The quantitative estimate of drug-likeness (QED) is 0.740. The van der Waals surface area contributed by atoms with E-state index in [1.807, 2.05) is 6.07 Å². The number of aromatic nitrogens is 1. The van der Waals surface area contributed by atoms with Gasteiger partial charge in [-0.25, -0.2) is 0 Å². The number of hydrogen-bond acceptors (Lipinski definition) is 1. The third-order valence-electron chi connectivity index (χ3n) is 3.38. The Hall–Kier alpha value is -1.77. The van der Waals surface area contributed by atoms with E-state index in [4.69, 9.17) is 0 Å². The molecule has 1 aromatic carbocycles. The van der Waals surface area contributed by atoms with E-state index in [2.05, 4.69) is 28.5 Å². The van der Waals surface area contributed by atoms with Crippen LogP contribution in [0.5, 0.6) is 0 Å². The van der Waals surface area contributed by atoms with Gasteiger partial charge in [0.2, 0.25) is 6.41 Å². The number of nitrogens with one attached hydrogen (secondary N) is 2. The number of fused-ring (bicyclic) bond motifs is 3. The van der Waals surface area contributed by atoms with E-state index in [-0.39, 0.29) is 6.04 Å². The normalized spacial score (nSPS) is 19.4. The molecule has 1 aliphatic carbocycles. The molecular formula is C13H14N2O. The molecule has 2 aromatic rings. The topological polar surface area (TPSA) is 44.9 Å². The summed E-state index contributed by atoms with van der Waals surface area (Å²) in [5.74, 6) is 0. The van der Waals surface area contributed by atoms with Crippen LogP contribution in [0.15, 0.2) is 24.3 Å². The second-order valence-electron chi connectivity index (χ2n) is 4.29. The van der Waals surface area contributed by atoms with Crippen molar-refractivity contribution in [1.29, 1.82) is 0 Å². The highest BCUT2D eigenvalue weighted by Gasteiger charge is 2.23. The number of carbonyl (C=O) groups excluding carboxylic acids is 1. The zero-order valence-electron chi connectivity index (χ0n) is 8.99. The molecule has 1 unspecified atom stereocenters. The van der Waals surface area contributed by atoms with Crippen molar-refractivity contribution in [3.63, 3.8) is 0 Å². The molecule has 0 bridgehead atoms. The van der Waals surface area contributed by atoms with Gasteiger partial charge in [0.1, 0.15) is 0 Å². The number of aromatic amines is 1. The number of benzene rings is 1. The molecule has 3 nitrogen and oxygen atoms in total. The van der Waals surface area contributed by atoms with E-state index in [0.717, 1.165) is 25.7 Å². The molecule has 0 fully saturated rings. The maximum Gasteiger partial charge on any atom is 0.207 e. The number of amides is 1. The Labute approximate surface area is 93.9 Å². The summed E-state index contributed by atoms with van der Waals surface area (Å²) in [5.41, 5.74) is 3.74. The number of aryl methyl sites for hydroxylation is 1. The van der Waals surface area contributed by atoms with Crippen molar-refractivity contribution in [3.05, 3.63) is 35.5 Å². The van der Waals surface area contributed by atoms with Gasteiger partial charge in [-0.3, -0.25) is 4.79 Å². The van der Waals surface area contributed by atoms with Gasteiger partial charge < -0.3 is 10.3 Å². The minimum atomic E-state index is 0.161. The zero-order chi connectivity index (χ0) is 11.0. The third-order valence-corrected chi connectivity index (χ3v) is 3.38. The van der Waals surface area contributed by atoms with E-state index in [0.29, 0.717) is 0 Å². The Kier molecular flexibility index (Phi) is 2.17. The minimum absolute atomic E-state index is 0.161. The molecule has 0 radical (unpaired) electrons. The van der Waals surface area contributed by atoms with Crippen LogP contribution >= 0.6 is 0 Å². The smallest absolute Gasteiger partial charge is 0.207 e. The van der Waals surface area contributed by atoms with E-state index in [9.17, 15) is 4.79 Å². The summed E-state index contributed by atoms with van der Waals surface area (Å²) in [6.07, 6.45) is 4.07. The summed E-state index contributed by atoms with van der Waals surface area (Å²) in [7, 11) is 0. The summed E-state index contributed by atoms with van der Waals surface area (Å²) in [6, 6.07) is 8.49. The molecule has 0 aliphatic heterocycles. The number of carbonyl (C=O) groups is 1. The lowest BCUT2D eigenvalue weighted by Gasteiger charge is -2.21. The molecule has 1 heterocycles. The van der Waals surface area contributed by atoms with Gasteiger partial charge in [-0.05, 0) is 30.9 Å². The largest absolute Gasteiger partial charge is 0.356 e. The van der Waals surface area contributed by atoms with Crippen LogP contribution in [0.2, 0.25) is 0 Å². The first-order valence-electron chi connectivity index (χ1n) is 5.69. The predicted octanol–water partition coefficient (Wildman–Crippen LogP) is 2.29. The molecule has 1 amide bonds. The Morgan fingerprint density at radius 3 is 3.12 bits per heavy atom. The average molecular weight is 214 g/mol. The molecule has 3 heteroatoms. The second-order valence-corrected chi connectivity index (χ2v) is 4.29. The van der Waals surface area contributed by atoms with Crippen molar-refractivity contribution >= 4 is 17.3 Å². The average Bonchev–Trinajstić information content (AvgIpc) is 2.69. The van der Waals surface area contributed by atoms with Crippen molar-refractivity contribution in [3.8, 4) is 0 Å². The van der Waals surface area contributed by atoms with Gasteiger partial charge in [0, 0.05) is 16.6 Å². The molecule has 82 valence electrons. The van der Waals surface area contributed by atoms with Crippen LogP contribution in [-0.2, 0) is 11.2 Å². The van der Waals surface area contributed by atoms with Gasteiger partial charge in [0.25, 0.3) is 0 Å². The summed E-state index contributed by atoms with van der Waals surface area (Å²) in [6.45, 7) is 0. The van der Waals surface area contributed by atoms with Crippen molar-refractivity contribution in [2.45, 2.75) is 25.3 Å². The van der Waals surface area contributed by atoms with Gasteiger partial charge in [-0.15, -0.1) is 0 Å². The molecule has 0 saturated carbocycles.